The molecule has 0 saturated heterocycles. The van der Waals surface area contributed by atoms with Crippen molar-refractivity contribution in [2.75, 3.05) is 0 Å². The number of benzene rings is 1. The molecule has 0 saturated carbocycles. The van der Waals surface area contributed by atoms with Crippen LogP contribution in [-0.2, 0) is 0 Å². The molecule has 0 unspecified atom stereocenters. The molecule has 1 rings (SSSR count). The second-order valence-corrected chi connectivity index (χ2v) is 5.07. The van der Waals surface area contributed by atoms with Gasteiger partial charge in [0.15, 0.2) is 0 Å². The van der Waals surface area contributed by atoms with Crippen LogP contribution >= 0.6 is 15.9 Å². The van der Waals surface area contributed by atoms with Gasteiger partial charge in [0.1, 0.15) is 5.82 Å². The average molecular weight is 274 g/mol. The van der Waals surface area contributed by atoms with E-state index in [1.807, 2.05) is 6.07 Å². The van der Waals surface area contributed by atoms with E-state index in [4.69, 9.17) is 5.73 Å². The van der Waals surface area contributed by atoms with Crippen LogP contribution in [0.4, 0.5) is 4.39 Å². The molecular weight excluding hydrogens is 257 g/mol. The molecule has 1 aromatic rings. The molecule has 0 aliphatic heterocycles. The van der Waals surface area contributed by atoms with Gasteiger partial charge in [0.25, 0.3) is 0 Å². The highest BCUT2D eigenvalue weighted by molar-refractivity contribution is 9.10. The van der Waals surface area contributed by atoms with Crippen molar-refractivity contribution in [3.8, 4) is 0 Å². The Bertz CT molecular complexity index is 305. The molecule has 2 N–H and O–H groups in total. The van der Waals surface area contributed by atoms with Gasteiger partial charge >= 0.3 is 0 Å². The van der Waals surface area contributed by atoms with Crippen molar-refractivity contribution in [2.24, 2.45) is 11.7 Å². The zero-order valence-electron chi connectivity index (χ0n) is 9.13. The summed E-state index contributed by atoms with van der Waals surface area (Å²) in [7, 11) is 0. The van der Waals surface area contributed by atoms with E-state index in [9.17, 15) is 4.39 Å². The molecule has 1 atom stereocenters. The Morgan fingerprint density at radius 2 is 2.00 bits per heavy atom. The lowest BCUT2D eigenvalue weighted by Crippen LogP contribution is -2.13. The maximum atomic E-state index is 13.5. The van der Waals surface area contributed by atoms with Gasteiger partial charge in [-0.1, -0.05) is 35.8 Å². The third-order valence-corrected chi connectivity index (χ3v) is 3.12. The molecule has 1 aromatic carbocycles. The Kier molecular flexibility index (Phi) is 4.74. The topological polar surface area (TPSA) is 26.0 Å². The Labute approximate surface area is 99.0 Å². The van der Waals surface area contributed by atoms with E-state index in [-0.39, 0.29) is 11.9 Å². The zero-order chi connectivity index (χ0) is 11.4. The summed E-state index contributed by atoms with van der Waals surface area (Å²) in [4.78, 5) is 0. The minimum atomic E-state index is -0.222. The minimum absolute atomic E-state index is 0.219. The summed E-state index contributed by atoms with van der Waals surface area (Å²) >= 11 is 3.33. The second-order valence-electron chi connectivity index (χ2n) is 4.21. The Hall–Kier alpha value is -0.410. The van der Waals surface area contributed by atoms with Crippen LogP contribution in [0.1, 0.15) is 38.3 Å². The van der Waals surface area contributed by atoms with E-state index in [2.05, 4.69) is 29.8 Å². The summed E-state index contributed by atoms with van der Waals surface area (Å²) in [6.45, 7) is 4.28. The third kappa shape index (κ3) is 3.58. The summed E-state index contributed by atoms with van der Waals surface area (Å²) < 4.78 is 14.3. The van der Waals surface area contributed by atoms with E-state index < -0.39 is 0 Å². The average Bonchev–Trinajstić information content (AvgIpc) is 2.14. The molecule has 3 heteroatoms. The third-order valence-electron chi connectivity index (χ3n) is 2.43. The SMILES string of the molecule is CC(C)CC[C@H](N)c1c(F)cccc1Br. The van der Waals surface area contributed by atoms with Crippen molar-refractivity contribution >= 4 is 15.9 Å². The number of hydrogen-bond acceptors (Lipinski definition) is 1. The van der Waals surface area contributed by atoms with E-state index >= 15 is 0 Å². The predicted octanol–water partition coefficient (Wildman–Crippen LogP) is 4.02. The van der Waals surface area contributed by atoms with E-state index in [0.717, 1.165) is 17.3 Å². The standard InChI is InChI=1S/C12H17BrFN/c1-8(2)6-7-11(15)12-9(13)4-3-5-10(12)14/h3-5,8,11H,6-7,15H2,1-2H3/t11-/m0/s1. The van der Waals surface area contributed by atoms with Crippen LogP contribution in [0, 0.1) is 11.7 Å². The van der Waals surface area contributed by atoms with Gasteiger partial charge in [-0.2, -0.15) is 0 Å². The lowest BCUT2D eigenvalue weighted by molar-refractivity contribution is 0.489. The molecule has 0 fully saturated rings. The monoisotopic (exact) mass is 273 g/mol. The van der Waals surface area contributed by atoms with Gasteiger partial charge in [0.05, 0.1) is 0 Å². The normalized spacial score (nSPS) is 13.2. The highest BCUT2D eigenvalue weighted by Crippen LogP contribution is 2.28. The number of hydrogen-bond donors (Lipinski definition) is 1. The van der Waals surface area contributed by atoms with E-state index in [1.165, 1.54) is 6.07 Å². The van der Waals surface area contributed by atoms with Crippen molar-refractivity contribution in [2.45, 2.75) is 32.7 Å². The van der Waals surface area contributed by atoms with Crippen LogP contribution in [0.3, 0.4) is 0 Å². The summed E-state index contributed by atoms with van der Waals surface area (Å²) in [5, 5.41) is 0. The highest BCUT2D eigenvalue weighted by atomic mass is 79.9. The van der Waals surface area contributed by atoms with Crippen LogP contribution in [0.15, 0.2) is 22.7 Å². The summed E-state index contributed by atoms with van der Waals surface area (Å²) in [5.74, 6) is 0.377. The van der Waals surface area contributed by atoms with E-state index in [0.29, 0.717) is 11.5 Å². The quantitative estimate of drug-likeness (QED) is 0.881. The van der Waals surface area contributed by atoms with Crippen LogP contribution in [0.25, 0.3) is 0 Å². The van der Waals surface area contributed by atoms with Gasteiger partial charge < -0.3 is 5.73 Å². The van der Waals surface area contributed by atoms with Crippen molar-refractivity contribution < 1.29 is 4.39 Å². The van der Waals surface area contributed by atoms with Gasteiger partial charge in [0.2, 0.25) is 0 Å². The first-order valence-corrected chi connectivity index (χ1v) is 6.01. The number of nitrogens with two attached hydrogens (primary N) is 1. The lowest BCUT2D eigenvalue weighted by Gasteiger charge is -2.15. The maximum absolute atomic E-state index is 13.5. The van der Waals surface area contributed by atoms with Gasteiger partial charge in [-0.15, -0.1) is 0 Å². The summed E-state index contributed by atoms with van der Waals surface area (Å²) in [6.07, 6.45) is 1.83. The summed E-state index contributed by atoms with van der Waals surface area (Å²) in [5.41, 5.74) is 6.57. The molecule has 0 bridgehead atoms. The van der Waals surface area contributed by atoms with Gasteiger partial charge in [-0.25, -0.2) is 4.39 Å². The van der Waals surface area contributed by atoms with Crippen LogP contribution in [0.5, 0.6) is 0 Å². The van der Waals surface area contributed by atoms with Crippen molar-refractivity contribution in [3.63, 3.8) is 0 Å². The lowest BCUT2D eigenvalue weighted by atomic mass is 9.98. The number of halogens is 2. The van der Waals surface area contributed by atoms with E-state index in [1.54, 1.807) is 6.07 Å². The van der Waals surface area contributed by atoms with Gasteiger partial charge in [-0.3, -0.25) is 0 Å². The van der Waals surface area contributed by atoms with Crippen molar-refractivity contribution in [1.29, 1.82) is 0 Å². The molecule has 0 aliphatic rings. The van der Waals surface area contributed by atoms with Crippen LogP contribution < -0.4 is 5.73 Å². The van der Waals surface area contributed by atoms with Crippen LogP contribution in [0.2, 0.25) is 0 Å². The summed E-state index contributed by atoms with van der Waals surface area (Å²) in [6, 6.07) is 4.74. The predicted molar refractivity (Wildman–Crippen MR) is 65.1 cm³/mol. The largest absolute Gasteiger partial charge is 0.324 e. The molecule has 0 aliphatic carbocycles. The molecule has 15 heavy (non-hydrogen) atoms. The van der Waals surface area contributed by atoms with Crippen molar-refractivity contribution in [1.82, 2.24) is 0 Å². The smallest absolute Gasteiger partial charge is 0.129 e. The van der Waals surface area contributed by atoms with Gasteiger partial charge in [0, 0.05) is 16.1 Å². The first-order chi connectivity index (χ1) is 7.02. The molecule has 0 aromatic heterocycles. The maximum Gasteiger partial charge on any atom is 0.129 e. The molecule has 0 heterocycles. The van der Waals surface area contributed by atoms with Crippen LogP contribution in [-0.4, -0.2) is 0 Å². The fraction of sp³-hybridized carbons (Fsp3) is 0.500. The zero-order valence-corrected chi connectivity index (χ0v) is 10.7. The molecule has 0 amide bonds. The first-order valence-electron chi connectivity index (χ1n) is 5.22. The Morgan fingerprint density at radius 1 is 1.33 bits per heavy atom. The van der Waals surface area contributed by atoms with Crippen molar-refractivity contribution in [3.05, 3.63) is 34.1 Å². The molecule has 84 valence electrons. The minimum Gasteiger partial charge on any atom is -0.324 e. The Morgan fingerprint density at radius 3 is 2.53 bits per heavy atom. The first kappa shape index (κ1) is 12.7. The molecule has 0 spiro atoms. The molecule has 1 nitrogen and oxygen atoms in total. The second kappa shape index (κ2) is 5.61. The number of rotatable bonds is 4. The Balaban J connectivity index is 2.77. The fourth-order valence-electron chi connectivity index (χ4n) is 1.52. The fourth-order valence-corrected chi connectivity index (χ4v) is 2.16. The molecule has 0 radical (unpaired) electrons. The highest BCUT2D eigenvalue weighted by Gasteiger charge is 2.14. The van der Waals surface area contributed by atoms with Gasteiger partial charge in [-0.05, 0) is 30.9 Å². The molecular formula is C12H17BrFN.